The molecule has 2 aromatic carbocycles. The highest BCUT2D eigenvalue weighted by molar-refractivity contribution is 7.98. The van der Waals surface area contributed by atoms with E-state index in [-0.39, 0.29) is 12.0 Å². The van der Waals surface area contributed by atoms with Crippen LogP contribution in [0.1, 0.15) is 77.4 Å². The van der Waals surface area contributed by atoms with Gasteiger partial charge in [-0.05, 0) is 85.7 Å². The second kappa shape index (κ2) is 16.4. The molecule has 206 valence electrons. The fourth-order valence-electron chi connectivity index (χ4n) is 3.68. The molecule has 3 aromatic rings. The summed E-state index contributed by atoms with van der Waals surface area (Å²) >= 11 is 3.28. The molecule has 0 aliphatic heterocycles. The van der Waals surface area contributed by atoms with Crippen molar-refractivity contribution in [2.45, 2.75) is 72.6 Å². The number of ether oxygens (including phenoxy) is 1. The number of unbranched alkanes of at least 4 members (excludes halogenated alkanes) is 1. The first-order chi connectivity index (χ1) is 18.2. The molecule has 1 amide bonds. The molecule has 2 unspecified atom stereocenters. The van der Waals surface area contributed by atoms with Crippen molar-refractivity contribution in [3.63, 3.8) is 0 Å². The Hall–Kier alpha value is -2.61. The predicted octanol–water partition coefficient (Wildman–Crippen LogP) is 8.05. The molecule has 5 nitrogen and oxygen atoms in total. The molecule has 2 atom stereocenters. The lowest BCUT2D eigenvalue weighted by atomic mass is 9.93. The number of carboxylic acid groups (broad SMARTS) is 1. The van der Waals surface area contributed by atoms with Crippen LogP contribution in [0.25, 0.3) is 11.1 Å². The summed E-state index contributed by atoms with van der Waals surface area (Å²) < 4.78 is 6.12. The Morgan fingerprint density at radius 1 is 1.03 bits per heavy atom. The maximum atomic E-state index is 13.2. The molecule has 1 heterocycles. The number of aryl methyl sites for hydroxylation is 2. The number of hydrogen-bond acceptors (Lipinski definition) is 5. The number of nitrogens with one attached hydrogen (secondary N) is 1. The molecule has 7 heteroatoms. The topological polar surface area (TPSA) is 75.6 Å². The van der Waals surface area contributed by atoms with Gasteiger partial charge in [0.15, 0.2) is 0 Å². The van der Waals surface area contributed by atoms with Gasteiger partial charge in [0.2, 0.25) is 0 Å². The third-order valence-electron chi connectivity index (χ3n) is 6.14. The Bertz CT molecular complexity index is 1170. The van der Waals surface area contributed by atoms with E-state index in [0.717, 1.165) is 22.3 Å². The Morgan fingerprint density at radius 2 is 1.74 bits per heavy atom. The summed E-state index contributed by atoms with van der Waals surface area (Å²) in [5, 5.41) is 12.3. The minimum absolute atomic E-state index is 0.0312. The monoisotopic (exact) mass is 555 g/mol. The standard InChI is InChI=1S/C27H31NO4S2.C4H10/c1-17-7-5-6-8-21(17)23-15-20(16-32-19(3)25-12-9-18(2)34-25)10-11-22(23)26(29)28-24(27(30)31)13-14-33-4;1-3-4-2/h5-12,15,19,24H,13-14,16H2,1-4H3,(H,28,29)(H,30,31);3-4H2,1-2H3. The van der Waals surface area contributed by atoms with Crippen LogP contribution in [0.2, 0.25) is 0 Å². The molecule has 0 bridgehead atoms. The summed E-state index contributed by atoms with van der Waals surface area (Å²) in [6, 6.07) is 16.7. The minimum Gasteiger partial charge on any atom is -0.480 e. The number of hydrogen-bond donors (Lipinski definition) is 2. The number of amides is 1. The smallest absolute Gasteiger partial charge is 0.326 e. The quantitative estimate of drug-likeness (QED) is 0.236. The molecule has 0 radical (unpaired) electrons. The Labute approximate surface area is 236 Å². The number of aliphatic carboxylic acids is 1. The molecule has 3 rings (SSSR count). The van der Waals surface area contributed by atoms with E-state index < -0.39 is 12.0 Å². The Balaban J connectivity index is 0.00000118. The van der Waals surface area contributed by atoms with Gasteiger partial charge in [-0.2, -0.15) is 11.8 Å². The first-order valence-electron chi connectivity index (χ1n) is 13.1. The van der Waals surface area contributed by atoms with Crippen molar-refractivity contribution in [1.29, 1.82) is 0 Å². The number of rotatable bonds is 12. The van der Waals surface area contributed by atoms with Crippen molar-refractivity contribution in [1.82, 2.24) is 5.32 Å². The van der Waals surface area contributed by atoms with E-state index in [1.807, 2.05) is 56.5 Å². The summed E-state index contributed by atoms with van der Waals surface area (Å²) in [6.45, 7) is 10.9. The van der Waals surface area contributed by atoms with Crippen LogP contribution in [0.5, 0.6) is 0 Å². The highest BCUT2D eigenvalue weighted by Gasteiger charge is 2.23. The van der Waals surface area contributed by atoms with Gasteiger partial charge >= 0.3 is 5.97 Å². The fraction of sp³-hybridized carbons (Fsp3) is 0.419. The summed E-state index contributed by atoms with van der Waals surface area (Å²) in [7, 11) is 0. The van der Waals surface area contributed by atoms with E-state index in [1.54, 1.807) is 29.2 Å². The van der Waals surface area contributed by atoms with Crippen molar-refractivity contribution >= 4 is 35.0 Å². The summed E-state index contributed by atoms with van der Waals surface area (Å²) in [6.07, 6.45) is 4.89. The van der Waals surface area contributed by atoms with Crippen LogP contribution in [-0.2, 0) is 16.1 Å². The Morgan fingerprint density at radius 3 is 2.32 bits per heavy atom. The lowest BCUT2D eigenvalue weighted by Gasteiger charge is -2.18. The Kier molecular flexibility index (Phi) is 13.6. The van der Waals surface area contributed by atoms with Crippen LogP contribution in [0.3, 0.4) is 0 Å². The van der Waals surface area contributed by atoms with Gasteiger partial charge in [-0.25, -0.2) is 4.79 Å². The highest BCUT2D eigenvalue weighted by atomic mass is 32.2. The second-order valence-corrected chi connectivity index (χ2v) is 11.5. The van der Waals surface area contributed by atoms with Crippen LogP contribution in [0.15, 0.2) is 54.6 Å². The third kappa shape index (κ3) is 9.61. The van der Waals surface area contributed by atoms with Crippen molar-refractivity contribution in [3.05, 3.63) is 81.0 Å². The largest absolute Gasteiger partial charge is 0.480 e. The zero-order valence-corrected chi connectivity index (χ0v) is 25.0. The van der Waals surface area contributed by atoms with Gasteiger partial charge in [0.1, 0.15) is 6.04 Å². The summed E-state index contributed by atoms with van der Waals surface area (Å²) in [4.78, 5) is 27.3. The van der Waals surface area contributed by atoms with Crippen LogP contribution in [0, 0.1) is 13.8 Å². The van der Waals surface area contributed by atoms with Crippen LogP contribution in [0.4, 0.5) is 0 Å². The molecule has 0 aliphatic rings. The van der Waals surface area contributed by atoms with Gasteiger partial charge in [0.25, 0.3) is 5.91 Å². The highest BCUT2D eigenvalue weighted by Crippen LogP contribution is 2.30. The van der Waals surface area contributed by atoms with E-state index in [1.165, 1.54) is 22.6 Å². The van der Waals surface area contributed by atoms with E-state index in [4.69, 9.17) is 4.74 Å². The van der Waals surface area contributed by atoms with Crippen molar-refractivity contribution < 1.29 is 19.4 Å². The lowest BCUT2D eigenvalue weighted by Crippen LogP contribution is -2.41. The van der Waals surface area contributed by atoms with Gasteiger partial charge in [0, 0.05) is 15.3 Å². The molecule has 0 saturated heterocycles. The molecular formula is C31H41NO4S2. The van der Waals surface area contributed by atoms with Gasteiger partial charge in [-0.3, -0.25) is 4.79 Å². The zero-order valence-electron chi connectivity index (χ0n) is 23.4. The average Bonchev–Trinajstić information content (AvgIpc) is 3.36. The third-order valence-corrected chi connectivity index (χ3v) is 7.95. The molecule has 38 heavy (non-hydrogen) atoms. The van der Waals surface area contributed by atoms with Crippen LogP contribution in [-0.4, -0.2) is 35.0 Å². The van der Waals surface area contributed by atoms with E-state index in [2.05, 4.69) is 38.2 Å². The number of benzene rings is 2. The molecular weight excluding hydrogens is 514 g/mol. The SMILES string of the molecule is CCCC.CSCCC(NC(=O)c1ccc(COC(C)c2ccc(C)s2)cc1-c1ccccc1C)C(=O)O. The van der Waals surface area contributed by atoms with E-state index >= 15 is 0 Å². The van der Waals surface area contributed by atoms with Gasteiger partial charge in [-0.1, -0.05) is 57.0 Å². The minimum atomic E-state index is -1.03. The zero-order chi connectivity index (χ0) is 28.1. The second-order valence-electron chi connectivity index (χ2n) is 9.24. The van der Waals surface area contributed by atoms with Gasteiger partial charge in [0.05, 0.1) is 12.7 Å². The number of carbonyl (C=O) groups is 2. The lowest BCUT2D eigenvalue weighted by molar-refractivity contribution is -0.139. The maximum Gasteiger partial charge on any atom is 0.326 e. The fourth-order valence-corrected chi connectivity index (χ4v) is 5.03. The van der Waals surface area contributed by atoms with Crippen molar-refractivity contribution in [2.75, 3.05) is 12.0 Å². The number of carbonyl (C=O) groups excluding carboxylic acids is 1. The number of carboxylic acids is 1. The number of thioether (sulfide) groups is 1. The normalized spacial score (nSPS) is 12.3. The molecule has 2 N–H and O–H groups in total. The van der Waals surface area contributed by atoms with Crippen molar-refractivity contribution in [3.8, 4) is 11.1 Å². The summed E-state index contributed by atoms with van der Waals surface area (Å²) in [5.41, 5.74) is 4.15. The van der Waals surface area contributed by atoms with Crippen LogP contribution < -0.4 is 5.32 Å². The molecule has 1 aromatic heterocycles. The van der Waals surface area contributed by atoms with Gasteiger partial charge < -0.3 is 15.2 Å². The molecule has 0 aliphatic carbocycles. The predicted molar refractivity (Wildman–Crippen MR) is 161 cm³/mol. The molecule has 0 saturated carbocycles. The maximum absolute atomic E-state index is 13.2. The van der Waals surface area contributed by atoms with Crippen molar-refractivity contribution in [2.24, 2.45) is 0 Å². The first-order valence-corrected chi connectivity index (χ1v) is 15.3. The van der Waals surface area contributed by atoms with Gasteiger partial charge in [-0.15, -0.1) is 11.3 Å². The average molecular weight is 556 g/mol. The number of thiophene rings is 1. The van der Waals surface area contributed by atoms with E-state index in [0.29, 0.717) is 24.3 Å². The molecule has 0 spiro atoms. The molecule has 0 fully saturated rings. The van der Waals surface area contributed by atoms with E-state index in [9.17, 15) is 14.7 Å². The summed E-state index contributed by atoms with van der Waals surface area (Å²) in [5.74, 6) is -0.760. The first kappa shape index (κ1) is 31.6. The van der Waals surface area contributed by atoms with Crippen LogP contribution >= 0.6 is 23.1 Å².